The number of hydrogen-bond donors (Lipinski definition) is 2. The second-order valence-electron chi connectivity index (χ2n) is 6.10. The summed E-state index contributed by atoms with van der Waals surface area (Å²) in [6.45, 7) is 6.32. The summed E-state index contributed by atoms with van der Waals surface area (Å²) < 4.78 is 0. The lowest BCUT2D eigenvalue weighted by molar-refractivity contribution is -0.122. The van der Waals surface area contributed by atoms with Crippen molar-refractivity contribution in [2.24, 2.45) is 11.7 Å². The number of nitrogens with one attached hydrogen (secondary N) is 1. The third kappa shape index (κ3) is 7.53. The third-order valence-electron chi connectivity index (χ3n) is 4.08. The Morgan fingerprint density at radius 1 is 1.17 bits per heavy atom. The Morgan fingerprint density at radius 3 is 2.39 bits per heavy atom. The average molecular weight is 362 g/mol. The first-order chi connectivity index (χ1) is 10.2. The van der Waals surface area contributed by atoms with E-state index < -0.39 is 6.04 Å². The van der Waals surface area contributed by atoms with E-state index in [0.29, 0.717) is 12.5 Å². The lowest BCUT2D eigenvalue weighted by Crippen LogP contribution is -2.40. The molecule has 132 valence electrons. The van der Waals surface area contributed by atoms with Gasteiger partial charge in [0.1, 0.15) is 6.04 Å². The highest BCUT2D eigenvalue weighted by atomic mass is 35.5. The fourth-order valence-electron chi connectivity index (χ4n) is 2.84. The van der Waals surface area contributed by atoms with Crippen LogP contribution in [-0.2, 0) is 4.79 Å². The van der Waals surface area contributed by atoms with Gasteiger partial charge in [0.15, 0.2) is 0 Å². The third-order valence-corrected chi connectivity index (χ3v) is 4.08. The van der Waals surface area contributed by atoms with Gasteiger partial charge in [-0.05, 0) is 37.4 Å². The van der Waals surface area contributed by atoms with Gasteiger partial charge in [-0.15, -0.1) is 24.8 Å². The second kappa shape index (κ2) is 11.7. The number of halogens is 2. The summed E-state index contributed by atoms with van der Waals surface area (Å²) in [4.78, 5) is 14.6. The molecule has 1 aromatic rings. The van der Waals surface area contributed by atoms with Crippen LogP contribution in [0, 0.1) is 5.92 Å². The highest BCUT2D eigenvalue weighted by Gasteiger charge is 2.17. The molecule has 0 bridgehead atoms. The molecular weight excluding hydrogens is 333 g/mol. The first-order valence-corrected chi connectivity index (χ1v) is 7.97. The Labute approximate surface area is 152 Å². The summed E-state index contributed by atoms with van der Waals surface area (Å²) in [5, 5.41) is 2.98. The molecule has 1 fully saturated rings. The Hall–Kier alpha value is -0.810. The summed E-state index contributed by atoms with van der Waals surface area (Å²) in [6.07, 6.45) is 3.96. The van der Waals surface area contributed by atoms with E-state index >= 15 is 0 Å². The van der Waals surface area contributed by atoms with Crippen molar-refractivity contribution in [2.45, 2.75) is 32.2 Å². The molecule has 4 nitrogen and oxygen atoms in total. The van der Waals surface area contributed by atoms with Crippen molar-refractivity contribution in [3.05, 3.63) is 35.9 Å². The van der Waals surface area contributed by atoms with Crippen LogP contribution in [0.1, 0.15) is 37.8 Å². The second-order valence-corrected chi connectivity index (χ2v) is 6.10. The number of carbonyl (C=O) groups excluding carboxylic acids is 1. The molecule has 3 N–H and O–H groups in total. The molecule has 0 spiro atoms. The lowest BCUT2D eigenvalue weighted by atomic mass is 10.1. The van der Waals surface area contributed by atoms with Crippen LogP contribution in [0.3, 0.4) is 0 Å². The molecule has 2 unspecified atom stereocenters. The van der Waals surface area contributed by atoms with Crippen molar-refractivity contribution in [3.63, 3.8) is 0 Å². The van der Waals surface area contributed by atoms with Crippen LogP contribution in [0.25, 0.3) is 0 Å². The SMILES string of the molecule is CC(CNC(=O)C(N)c1ccccc1)CN1CCCCC1.Cl.Cl. The van der Waals surface area contributed by atoms with Gasteiger partial charge in [0.05, 0.1) is 0 Å². The summed E-state index contributed by atoms with van der Waals surface area (Å²) in [5.74, 6) is 0.363. The van der Waals surface area contributed by atoms with Gasteiger partial charge in [0.25, 0.3) is 0 Å². The molecule has 1 amide bonds. The molecule has 1 aromatic carbocycles. The molecule has 6 heteroatoms. The van der Waals surface area contributed by atoms with Crippen molar-refractivity contribution in [2.75, 3.05) is 26.2 Å². The molecule has 1 aliphatic heterocycles. The Kier molecular flexibility index (Phi) is 11.3. The van der Waals surface area contributed by atoms with Crippen molar-refractivity contribution >= 4 is 30.7 Å². The van der Waals surface area contributed by atoms with Crippen LogP contribution in [0.15, 0.2) is 30.3 Å². The molecule has 2 atom stereocenters. The maximum absolute atomic E-state index is 12.1. The number of piperidine rings is 1. The van der Waals surface area contributed by atoms with E-state index in [1.165, 1.54) is 32.4 Å². The lowest BCUT2D eigenvalue weighted by Gasteiger charge is -2.29. The largest absolute Gasteiger partial charge is 0.354 e. The smallest absolute Gasteiger partial charge is 0.241 e. The molecule has 0 aliphatic carbocycles. The van der Waals surface area contributed by atoms with Crippen LogP contribution < -0.4 is 11.1 Å². The zero-order valence-electron chi connectivity index (χ0n) is 13.7. The van der Waals surface area contributed by atoms with Crippen LogP contribution in [0.5, 0.6) is 0 Å². The van der Waals surface area contributed by atoms with Crippen LogP contribution in [0.2, 0.25) is 0 Å². The number of hydrogen-bond acceptors (Lipinski definition) is 3. The molecule has 0 saturated carbocycles. The standard InChI is InChI=1S/C17H27N3O.2ClH/c1-14(13-20-10-6-3-7-11-20)12-19-17(21)16(18)15-8-4-2-5-9-15;;/h2,4-5,8-9,14,16H,3,6-7,10-13,18H2,1H3,(H,19,21);2*1H. The topological polar surface area (TPSA) is 58.4 Å². The van der Waals surface area contributed by atoms with Gasteiger partial charge in [-0.3, -0.25) is 4.79 Å². The quantitative estimate of drug-likeness (QED) is 0.818. The monoisotopic (exact) mass is 361 g/mol. The van der Waals surface area contributed by atoms with Crippen molar-refractivity contribution in [3.8, 4) is 0 Å². The van der Waals surface area contributed by atoms with Gasteiger partial charge in [-0.25, -0.2) is 0 Å². The summed E-state index contributed by atoms with van der Waals surface area (Å²) >= 11 is 0. The highest BCUT2D eigenvalue weighted by Crippen LogP contribution is 2.12. The number of amides is 1. The number of carbonyl (C=O) groups is 1. The number of nitrogens with two attached hydrogens (primary N) is 1. The summed E-state index contributed by atoms with van der Waals surface area (Å²) in [7, 11) is 0. The van der Waals surface area contributed by atoms with Gasteiger partial charge >= 0.3 is 0 Å². The van der Waals surface area contributed by atoms with E-state index in [2.05, 4.69) is 17.1 Å². The molecule has 23 heavy (non-hydrogen) atoms. The molecule has 0 aromatic heterocycles. The van der Waals surface area contributed by atoms with Crippen molar-refractivity contribution in [1.82, 2.24) is 10.2 Å². The van der Waals surface area contributed by atoms with Gasteiger partial charge in [0.2, 0.25) is 5.91 Å². The Balaban J connectivity index is 0.00000242. The fraction of sp³-hybridized carbons (Fsp3) is 0.588. The van der Waals surface area contributed by atoms with E-state index in [-0.39, 0.29) is 30.7 Å². The molecule has 1 aliphatic rings. The van der Waals surface area contributed by atoms with E-state index in [1.807, 2.05) is 30.3 Å². The zero-order chi connectivity index (χ0) is 15.1. The Morgan fingerprint density at radius 2 is 1.78 bits per heavy atom. The number of rotatable bonds is 6. The normalized spacial score (nSPS) is 17.3. The highest BCUT2D eigenvalue weighted by molar-refractivity contribution is 5.85. The summed E-state index contributed by atoms with van der Waals surface area (Å²) in [5.41, 5.74) is 6.85. The van der Waals surface area contributed by atoms with Crippen LogP contribution in [0.4, 0.5) is 0 Å². The van der Waals surface area contributed by atoms with E-state index in [9.17, 15) is 4.79 Å². The molecule has 0 radical (unpaired) electrons. The average Bonchev–Trinajstić information content (AvgIpc) is 2.53. The van der Waals surface area contributed by atoms with Gasteiger partial charge < -0.3 is 16.0 Å². The minimum absolute atomic E-state index is 0. The first-order valence-electron chi connectivity index (χ1n) is 7.97. The summed E-state index contributed by atoms with van der Waals surface area (Å²) in [6, 6.07) is 8.94. The van der Waals surface area contributed by atoms with E-state index in [4.69, 9.17) is 5.73 Å². The van der Waals surface area contributed by atoms with Gasteiger partial charge in [-0.2, -0.15) is 0 Å². The maximum atomic E-state index is 12.1. The van der Waals surface area contributed by atoms with Gasteiger partial charge in [0, 0.05) is 13.1 Å². The van der Waals surface area contributed by atoms with Gasteiger partial charge in [-0.1, -0.05) is 43.7 Å². The van der Waals surface area contributed by atoms with Crippen molar-refractivity contribution < 1.29 is 4.79 Å². The number of benzene rings is 1. The molecule has 1 heterocycles. The predicted molar refractivity (Wildman–Crippen MR) is 100 cm³/mol. The Bertz CT molecular complexity index is 439. The molecule has 2 rings (SSSR count). The number of likely N-dealkylation sites (tertiary alicyclic amines) is 1. The van der Waals surface area contributed by atoms with Crippen LogP contribution >= 0.6 is 24.8 Å². The first kappa shape index (κ1) is 22.2. The predicted octanol–water partition coefficient (Wildman–Crippen LogP) is 2.77. The molecular formula is C17H29Cl2N3O. The van der Waals surface area contributed by atoms with Crippen LogP contribution in [-0.4, -0.2) is 37.0 Å². The number of nitrogens with zero attached hydrogens (tertiary/aromatic N) is 1. The minimum atomic E-state index is -0.576. The zero-order valence-corrected chi connectivity index (χ0v) is 15.4. The minimum Gasteiger partial charge on any atom is -0.354 e. The fourth-order valence-corrected chi connectivity index (χ4v) is 2.84. The maximum Gasteiger partial charge on any atom is 0.241 e. The molecule has 1 saturated heterocycles. The van der Waals surface area contributed by atoms with E-state index in [1.54, 1.807) is 0 Å². The van der Waals surface area contributed by atoms with Crippen molar-refractivity contribution in [1.29, 1.82) is 0 Å². The van der Waals surface area contributed by atoms with E-state index in [0.717, 1.165) is 12.1 Å².